The molecule has 1 heterocycles. The van der Waals surface area contributed by atoms with Gasteiger partial charge in [0.25, 0.3) is 0 Å². The van der Waals surface area contributed by atoms with E-state index in [0.717, 1.165) is 11.1 Å². The molecule has 0 spiro atoms. The minimum absolute atomic E-state index is 0. The van der Waals surface area contributed by atoms with Crippen molar-refractivity contribution in [1.82, 2.24) is 5.43 Å². The predicted octanol–water partition coefficient (Wildman–Crippen LogP) is -2.90. The first kappa shape index (κ1) is 7.79. The number of nitrogens with zero attached hydrogens (tertiary/aromatic N) is 1. The maximum absolute atomic E-state index is 3.15. The van der Waals surface area contributed by atoms with E-state index >= 15 is 0 Å². The minimum atomic E-state index is 0. The summed E-state index contributed by atoms with van der Waals surface area (Å²) in [5.74, 6) is 0. The molecule has 0 fully saturated rings. The van der Waals surface area contributed by atoms with E-state index in [1.807, 2.05) is 6.20 Å². The van der Waals surface area contributed by atoms with Crippen molar-refractivity contribution in [1.29, 1.82) is 0 Å². The third kappa shape index (κ3) is 1.72. The number of hydrogen-bond donors (Lipinski definition) is 1. The Morgan fingerprint density at radius 3 is 2.25 bits per heavy atom. The number of rotatable bonds is 0. The molecule has 1 aliphatic heterocycles. The topological polar surface area (TPSA) is 12.0 Å². The Labute approximate surface area is 56.1 Å². The van der Waals surface area contributed by atoms with Gasteiger partial charge in [-0.05, 0) is 6.08 Å². The Hall–Kier alpha value is -0.210. The number of likely N-dealkylation sites (N-methyl/N-ethyl adjacent to an activating group) is 1. The van der Waals surface area contributed by atoms with Gasteiger partial charge < -0.3 is 12.4 Å². The van der Waals surface area contributed by atoms with Gasteiger partial charge in [-0.3, -0.25) is 0 Å². The molecule has 0 amide bonds. The summed E-state index contributed by atoms with van der Waals surface area (Å²) >= 11 is 0. The Bertz CT molecular complexity index is 88.6. The first-order chi connectivity index (χ1) is 3.21. The van der Waals surface area contributed by atoms with Crippen LogP contribution in [-0.2, 0) is 0 Å². The highest BCUT2D eigenvalue weighted by Gasteiger charge is 2.13. The van der Waals surface area contributed by atoms with Crippen molar-refractivity contribution in [3.63, 3.8) is 0 Å². The van der Waals surface area contributed by atoms with Crippen LogP contribution in [0.3, 0.4) is 0 Å². The lowest BCUT2D eigenvalue weighted by Crippen LogP contribution is -3.00. The van der Waals surface area contributed by atoms with Crippen LogP contribution in [0.1, 0.15) is 0 Å². The molecule has 0 aliphatic carbocycles. The molecular weight excluding hydrogens is 124 g/mol. The lowest BCUT2D eigenvalue weighted by molar-refractivity contribution is -0.917. The lowest BCUT2D eigenvalue weighted by Gasteiger charge is -2.21. The molecule has 0 aromatic heterocycles. The van der Waals surface area contributed by atoms with Gasteiger partial charge in [-0.25, -0.2) is 10.0 Å². The second-order valence-corrected chi connectivity index (χ2v) is 2.40. The van der Waals surface area contributed by atoms with Crippen molar-refractivity contribution in [2.24, 2.45) is 0 Å². The van der Waals surface area contributed by atoms with Gasteiger partial charge in [-0.15, -0.1) is 0 Å². The van der Waals surface area contributed by atoms with Gasteiger partial charge in [-0.2, -0.15) is 0 Å². The highest BCUT2D eigenvalue weighted by Crippen LogP contribution is 1.96. The summed E-state index contributed by atoms with van der Waals surface area (Å²) in [7, 11) is 4.25. The fourth-order valence-electron chi connectivity index (χ4n) is 0.623. The number of halogens is 1. The van der Waals surface area contributed by atoms with E-state index in [4.69, 9.17) is 0 Å². The molecule has 1 N–H and O–H groups in total. The first-order valence-electron chi connectivity index (χ1n) is 2.46. The van der Waals surface area contributed by atoms with Crippen LogP contribution in [0.2, 0.25) is 0 Å². The van der Waals surface area contributed by atoms with Crippen molar-refractivity contribution in [3.8, 4) is 0 Å². The summed E-state index contributed by atoms with van der Waals surface area (Å²) in [6.07, 6.45) is 4.11. The third-order valence-corrected chi connectivity index (χ3v) is 1.10. The van der Waals surface area contributed by atoms with Crippen LogP contribution in [0, 0.1) is 0 Å². The Morgan fingerprint density at radius 2 is 2.12 bits per heavy atom. The summed E-state index contributed by atoms with van der Waals surface area (Å²) in [6, 6.07) is 0. The standard InChI is InChI=1S/C5H11N2.ClH/c1-7(2)5-3-4-6-7;/h3-4,6H,5H2,1-2H3;1H/q+1;/p-1. The minimum Gasteiger partial charge on any atom is -1.00 e. The summed E-state index contributed by atoms with van der Waals surface area (Å²) in [5, 5.41) is 0. The average Bonchev–Trinajstić information content (AvgIpc) is 1.84. The molecule has 0 saturated heterocycles. The molecule has 0 radical (unpaired) electrons. The average molecular weight is 135 g/mol. The van der Waals surface area contributed by atoms with E-state index in [2.05, 4.69) is 25.6 Å². The van der Waals surface area contributed by atoms with Gasteiger partial charge in [-0.1, -0.05) is 0 Å². The monoisotopic (exact) mass is 134 g/mol. The van der Waals surface area contributed by atoms with E-state index in [9.17, 15) is 0 Å². The van der Waals surface area contributed by atoms with E-state index in [0.29, 0.717) is 0 Å². The van der Waals surface area contributed by atoms with Crippen LogP contribution in [0.25, 0.3) is 0 Å². The maximum atomic E-state index is 3.15. The quantitative estimate of drug-likeness (QED) is 0.351. The largest absolute Gasteiger partial charge is 1.00 e. The van der Waals surface area contributed by atoms with Gasteiger partial charge in [0.05, 0.1) is 20.3 Å². The molecule has 48 valence electrons. The Morgan fingerprint density at radius 1 is 1.50 bits per heavy atom. The zero-order chi connectivity index (χ0) is 5.33. The van der Waals surface area contributed by atoms with E-state index < -0.39 is 0 Å². The lowest BCUT2D eigenvalue weighted by atomic mass is 10.6. The summed E-state index contributed by atoms with van der Waals surface area (Å²) in [4.78, 5) is 0. The maximum Gasteiger partial charge on any atom is 0.121 e. The zero-order valence-corrected chi connectivity index (χ0v) is 5.94. The third-order valence-electron chi connectivity index (χ3n) is 1.10. The van der Waals surface area contributed by atoms with Gasteiger partial charge in [0.1, 0.15) is 6.54 Å². The highest BCUT2D eigenvalue weighted by molar-refractivity contribution is 4.80. The van der Waals surface area contributed by atoms with Crippen LogP contribution < -0.4 is 17.8 Å². The molecule has 1 aliphatic rings. The smallest absolute Gasteiger partial charge is 0.121 e. The van der Waals surface area contributed by atoms with Gasteiger partial charge in [0.15, 0.2) is 0 Å². The fraction of sp³-hybridized carbons (Fsp3) is 0.600. The second kappa shape index (κ2) is 2.37. The summed E-state index contributed by atoms with van der Waals surface area (Å²) in [6.45, 7) is 1.10. The zero-order valence-electron chi connectivity index (χ0n) is 5.19. The molecule has 3 heteroatoms. The number of quaternary nitrogens is 1. The van der Waals surface area contributed by atoms with Crippen molar-refractivity contribution < 1.29 is 17.0 Å². The van der Waals surface area contributed by atoms with Crippen LogP contribution in [0.5, 0.6) is 0 Å². The van der Waals surface area contributed by atoms with Gasteiger partial charge in [0.2, 0.25) is 0 Å². The van der Waals surface area contributed by atoms with Crippen LogP contribution >= 0.6 is 0 Å². The number of nitrogens with one attached hydrogen (secondary N) is 1. The number of hydrogen-bond acceptors (Lipinski definition) is 1. The van der Waals surface area contributed by atoms with E-state index in [1.165, 1.54) is 0 Å². The first-order valence-corrected chi connectivity index (χ1v) is 2.46. The highest BCUT2D eigenvalue weighted by atomic mass is 35.5. The van der Waals surface area contributed by atoms with Gasteiger partial charge in [0, 0.05) is 0 Å². The molecule has 0 bridgehead atoms. The predicted molar refractivity (Wildman–Crippen MR) is 29.3 cm³/mol. The molecule has 0 aromatic rings. The van der Waals surface area contributed by atoms with Crippen LogP contribution in [0.15, 0.2) is 12.3 Å². The summed E-state index contributed by atoms with van der Waals surface area (Å²) < 4.78 is 0.889. The molecule has 1 rings (SSSR count). The second-order valence-electron chi connectivity index (χ2n) is 2.40. The SMILES string of the molecule is C[N+]1(C)CC=CN1.[Cl-]. The van der Waals surface area contributed by atoms with Crippen molar-refractivity contribution in [2.75, 3.05) is 20.6 Å². The molecule has 0 unspecified atom stereocenters. The molecular formula is C5H11ClN2. The molecule has 0 saturated carbocycles. The summed E-state index contributed by atoms with van der Waals surface area (Å²) in [5.41, 5.74) is 3.15. The molecule has 8 heavy (non-hydrogen) atoms. The molecule has 0 aromatic carbocycles. The molecule has 2 nitrogen and oxygen atoms in total. The Balaban J connectivity index is 0.000000490. The van der Waals surface area contributed by atoms with Crippen molar-refractivity contribution >= 4 is 0 Å². The normalized spacial score (nSPS) is 21.8. The fourth-order valence-corrected chi connectivity index (χ4v) is 0.623. The van der Waals surface area contributed by atoms with Crippen molar-refractivity contribution in [2.45, 2.75) is 0 Å². The van der Waals surface area contributed by atoms with E-state index in [1.54, 1.807) is 0 Å². The van der Waals surface area contributed by atoms with Crippen LogP contribution in [-0.4, -0.2) is 25.2 Å². The van der Waals surface area contributed by atoms with Crippen LogP contribution in [0.4, 0.5) is 0 Å². The van der Waals surface area contributed by atoms with Gasteiger partial charge >= 0.3 is 0 Å². The Kier molecular flexibility index (Phi) is 2.31. The molecule has 0 atom stereocenters. The van der Waals surface area contributed by atoms with Crippen molar-refractivity contribution in [3.05, 3.63) is 12.3 Å². The van der Waals surface area contributed by atoms with E-state index in [-0.39, 0.29) is 12.4 Å².